The molecule has 6 atom stereocenters. The van der Waals surface area contributed by atoms with Crippen molar-refractivity contribution in [2.75, 3.05) is 19.8 Å². The Labute approximate surface area is 215 Å². The normalized spacial score (nSPS) is 35.5. The molecule has 1 spiro atoms. The summed E-state index contributed by atoms with van der Waals surface area (Å²) in [5.41, 5.74) is 2.36. The van der Waals surface area contributed by atoms with E-state index in [1.807, 2.05) is 13.8 Å². The molecule has 0 radical (unpaired) electrons. The Bertz CT molecular complexity index is 1140. The largest absolute Gasteiger partial charge is 0.494 e. The third-order valence-electron chi connectivity index (χ3n) is 10.1. The highest BCUT2D eigenvalue weighted by Crippen LogP contribution is 2.85. The molecule has 2 bridgehead atoms. The predicted octanol–water partition coefficient (Wildman–Crippen LogP) is 6.34. The quantitative estimate of drug-likeness (QED) is 0.475. The minimum atomic E-state index is -0.165. The Hall–Kier alpha value is -2.53. The van der Waals surface area contributed by atoms with Crippen LogP contribution in [0.1, 0.15) is 77.2 Å². The Morgan fingerprint density at radius 3 is 2.08 bits per heavy atom. The van der Waals surface area contributed by atoms with Crippen molar-refractivity contribution in [1.29, 1.82) is 0 Å². The molecule has 4 aliphatic rings. The highest BCUT2D eigenvalue weighted by molar-refractivity contribution is 5.76. The molecule has 5 heteroatoms. The molecular weight excluding hydrogens is 450 g/mol. The van der Waals surface area contributed by atoms with Crippen LogP contribution < -0.4 is 9.47 Å². The van der Waals surface area contributed by atoms with E-state index < -0.39 is 0 Å². The number of nitrogens with zero attached hydrogens (tertiary/aromatic N) is 1. The van der Waals surface area contributed by atoms with Gasteiger partial charge >= 0.3 is 0 Å². The van der Waals surface area contributed by atoms with Crippen molar-refractivity contribution < 1.29 is 19.0 Å². The molecule has 1 amide bonds. The summed E-state index contributed by atoms with van der Waals surface area (Å²) in [6.45, 7) is 12.6. The van der Waals surface area contributed by atoms with Gasteiger partial charge in [-0.15, -0.1) is 0 Å². The molecule has 2 aliphatic heterocycles. The number of carbonyl (C=O) groups excluding carboxylic acids is 1. The van der Waals surface area contributed by atoms with Crippen LogP contribution in [0.15, 0.2) is 48.5 Å². The Morgan fingerprint density at radius 1 is 0.944 bits per heavy atom. The van der Waals surface area contributed by atoms with Crippen LogP contribution in [0.3, 0.4) is 0 Å². The van der Waals surface area contributed by atoms with Crippen LogP contribution in [0.25, 0.3) is 0 Å². The lowest BCUT2D eigenvalue weighted by molar-refractivity contribution is -0.164. The van der Waals surface area contributed by atoms with E-state index in [-0.39, 0.29) is 40.3 Å². The van der Waals surface area contributed by atoms with Crippen molar-refractivity contribution in [1.82, 2.24) is 4.90 Å². The summed E-state index contributed by atoms with van der Waals surface area (Å²) in [5, 5.41) is 0. The number of hydrogen-bond donors (Lipinski definition) is 0. The highest BCUT2D eigenvalue weighted by atomic mass is 16.5. The van der Waals surface area contributed by atoms with E-state index in [9.17, 15) is 4.79 Å². The van der Waals surface area contributed by atoms with Crippen LogP contribution in [-0.4, -0.2) is 36.7 Å². The van der Waals surface area contributed by atoms with Gasteiger partial charge in [-0.25, -0.2) is 0 Å². The maximum atomic E-state index is 13.5. The zero-order valence-electron chi connectivity index (χ0n) is 22.3. The molecule has 36 heavy (non-hydrogen) atoms. The molecular formula is C31H39NO4. The van der Waals surface area contributed by atoms with E-state index in [1.54, 1.807) is 6.92 Å². The van der Waals surface area contributed by atoms with Crippen molar-refractivity contribution in [3.8, 4) is 11.5 Å². The molecule has 192 valence electrons. The van der Waals surface area contributed by atoms with E-state index in [4.69, 9.17) is 14.2 Å². The molecule has 2 saturated heterocycles. The van der Waals surface area contributed by atoms with Gasteiger partial charge in [0.25, 0.3) is 0 Å². The molecule has 2 aromatic carbocycles. The average Bonchev–Trinajstić information content (AvgIpc) is 3.39. The molecule has 0 N–H and O–H groups in total. The zero-order valence-corrected chi connectivity index (χ0v) is 22.3. The maximum absolute atomic E-state index is 13.5. The van der Waals surface area contributed by atoms with Crippen LogP contribution in [0.5, 0.6) is 11.5 Å². The van der Waals surface area contributed by atoms with Gasteiger partial charge in [-0.05, 0) is 79.8 Å². The lowest BCUT2D eigenvalue weighted by Crippen LogP contribution is -2.55. The number of rotatable bonds is 6. The summed E-state index contributed by atoms with van der Waals surface area (Å²) < 4.78 is 18.2. The molecule has 5 nitrogen and oxygen atoms in total. The summed E-state index contributed by atoms with van der Waals surface area (Å²) >= 11 is 0. The fourth-order valence-corrected chi connectivity index (χ4v) is 9.07. The lowest BCUT2D eigenvalue weighted by Gasteiger charge is -2.55. The summed E-state index contributed by atoms with van der Waals surface area (Å²) in [5.74, 6) is 2.50. The fraction of sp³-hybridized carbons (Fsp3) is 0.581. The van der Waals surface area contributed by atoms with Gasteiger partial charge in [-0.1, -0.05) is 38.1 Å². The number of benzene rings is 2. The van der Waals surface area contributed by atoms with E-state index in [2.05, 4.69) is 67.3 Å². The van der Waals surface area contributed by atoms with Gasteiger partial charge in [-0.3, -0.25) is 4.79 Å². The monoisotopic (exact) mass is 489 g/mol. The maximum Gasteiger partial charge on any atom is 0.220 e. The van der Waals surface area contributed by atoms with E-state index in [0.29, 0.717) is 19.1 Å². The van der Waals surface area contributed by atoms with Gasteiger partial charge < -0.3 is 19.1 Å². The van der Waals surface area contributed by atoms with E-state index in [0.717, 1.165) is 30.9 Å². The summed E-state index contributed by atoms with van der Waals surface area (Å²) in [6.07, 6.45) is 3.21. The number of hydrogen-bond acceptors (Lipinski definition) is 4. The first-order valence-corrected chi connectivity index (χ1v) is 13.7. The molecule has 2 aliphatic carbocycles. The average molecular weight is 490 g/mol. The summed E-state index contributed by atoms with van der Waals surface area (Å²) in [7, 11) is 0. The first-order chi connectivity index (χ1) is 17.3. The van der Waals surface area contributed by atoms with Gasteiger partial charge in [0.2, 0.25) is 5.91 Å². The molecule has 4 fully saturated rings. The molecule has 6 rings (SSSR count). The molecule has 1 unspecified atom stereocenters. The predicted molar refractivity (Wildman–Crippen MR) is 139 cm³/mol. The number of ether oxygens (including phenoxy) is 3. The van der Waals surface area contributed by atoms with Crippen LogP contribution in [-0.2, 0) is 9.53 Å². The summed E-state index contributed by atoms with van der Waals surface area (Å²) in [4.78, 5) is 15.8. The number of fused-ring (bicyclic) bond motifs is 1. The van der Waals surface area contributed by atoms with Gasteiger partial charge in [0.15, 0.2) is 0 Å². The highest BCUT2D eigenvalue weighted by Gasteiger charge is 2.83. The smallest absolute Gasteiger partial charge is 0.220 e. The van der Waals surface area contributed by atoms with Gasteiger partial charge in [0.1, 0.15) is 11.5 Å². The van der Waals surface area contributed by atoms with Crippen molar-refractivity contribution >= 4 is 5.91 Å². The van der Waals surface area contributed by atoms with Crippen molar-refractivity contribution in [3.05, 3.63) is 59.7 Å². The molecule has 0 aromatic heterocycles. The second-order valence-electron chi connectivity index (χ2n) is 11.9. The SMILES string of the molecule is CCOc1ccc(C2N(C(C)=O)[C@@H]3C(C)(C)[C@H]4C[C@@]35CCO[C@@H](c3ccc(OCC)cc3)[C@@]25C4)cc1. The molecule has 2 aromatic rings. The number of carbonyl (C=O) groups is 1. The minimum absolute atomic E-state index is 0.0284. The third kappa shape index (κ3) is 2.95. The fourth-order valence-electron chi connectivity index (χ4n) is 9.07. The first-order valence-electron chi connectivity index (χ1n) is 13.7. The van der Waals surface area contributed by atoms with Crippen molar-refractivity contribution in [2.45, 2.75) is 72.1 Å². The van der Waals surface area contributed by atoms with Gasteiger partial charge in [0, 0.05) is 30.4 Å². The van der Waals surface area contributed by atoms with Crippen LogP contribution in [0, 0.1) is 22.2 Å². The second-order valence-corrected chi connectivity index (χ2v) is 11.9. The molecule has 2 heterocycles. The first kappa shape index (κ1) is 23.8. The standard InChI is InChI=1S/C31H39NO4/c1-6-34-24-12-8-21(9-13-24)26-31-19-23-18-30(31,28(29(23,4)5)32(26)20(3)33)16-17-36-27(31)22-10-14-25(15-11-22)35-7-2/h8-15,23,26-28H,6-7,16-19H2,1-5H3/t23-,26?,27-,28+,30-,31+/m0/s1. The van der Waals surface area contributed by atoms with E-state index in [1.165, 1.54) is 17.5 Å². The van der Waals surface area contributed by atoms with Crippen molar-refractivity contribution in [2.24, 2.45) is 22.2 Å². The topological polar surface area (TPSA) is 48.0 Å². The zero-order chi connectivity index (χ0) is 25.3. The van der Waals surface area contributed by atoms with Gasteiger partial charge in [-0.2, -0.15) is 0 Å². The Balaban J connectivity index is 1.54. The van der Waals surface area contributed by atoms with Crippen LogP contribution in [0.2, 0.25) is 0 Å². The second kappa shape index (κ2) is 8.24. The van der Waals surface area contributed by atoms with Gasteiger partial charge in [0.05, 0.1) is 25.4 Å². The number of likely N-dealkylation sites (tertiary alicyclic amines) is 1. The van der Waals surface area contributed by atoms with Crippen molar-refractivity contribution in [3.63, 3.8) is 0 Å². The molecule has 2 saturated carbocycles. The van der Waals surface area contributed by atoms with E-state index >= 15 is 0 Å². The number of amides is 1. The lowest BCUT2D eigenvalue weighted by atomic mass is 9.51. The third-order valence-corrected chi connectivity index (χ3v) is 10.1. The van der Waals surface area contributed by atoms with Crippen LogP contribution >= 0.6 is 0 Å². The summed E-state index contributed by atoms with van der Waals surface area (Å²) in [6, 6.07) is 17.2. The van der Waals surface area contributed by atoms with Crippen LogP contribution in [0.4, 0.5) is 0 Å². The Morgan fingerprint density at radius 2 is 1.53 bits per heavy atom. The minimum Gasteiger partial charge on any atom is -0.494 e. The Kier molecular flexibility index (Phi) is 5.46.